The van der Waals surface area contributed by atoms with Gasteiger partial charge in [-0.05, 0) is 30.3 Å². The van der Waals surface area contributed by atoms with Crippen LogP contribution in [0, 0.1) is 0 Å². The first-order chi connectivity index (χ1) is 17.4. The number of cyclic esters (lactones) is 1. The van der Waals surface area contributed by atoms with Crippen LogP contribution in [0.5, 0.6) is 5.88 Å². The summed E-state index contributed by atoms with van der Waals surface area (Å²) < 4.78 is 10.6. The van der Waals surface area contributed by atoms with Crippen LogP contribution in [0.1, 0.15) is 11.7 Å². The lowest BCUT2D eigenvalue weighted by Crippen LogP contribution is -2.37. The molecule has 3 atom stereocenters. The number of carbonyl (C=O) groups is 2. The summed E-state index contributed by atoms with van der Waals surface area (Å²) in [6.45, 7) is 0.654. The fourth-order valence-corrected chi connectivity index (χ4v) is 4.96. The molecule has 188 valence electrons. The number of hydrogen-bond donors (Lipinski definition) is 4. The van der Waals surface area contributed by atoms with Crippen LogP contribution in [0.3, 0.4) is 0 Å². The minimum absolute atomic E-state index is 0.0606. The van der Waals surface area contributed by atoms with E-state index in [1.54, 1.807) is 30.5 Å². The molecule has 1 saturated heterocycles. The lowest BCUT2D eigenvalue weighted by atomic mass is 10.0. The predicted molar refractivity (Wildman–Crippen MR) is 133 cm³/mol. The molecule has 0 bridgehead atoms. The summed E-state index contributed by atoms with van der Waals surface area (Å²) in [5, 5.41) is 27.2. The minimum atomic E-state index is -1.21. The molecule has 2 aliphatic heterocycles. The van der Waals surface area contributed by atoms with E-state index in [1.807, 2.05) is 12.1 Å². The van der Waals surface area contributed by atoms with E-state index in [1.165, 1.54) is 23.8 Å². The number of methoxy groups -OCH3 is 1. The Balaban J connectivity index is 1.18. The van der Waals surface area contributed by atoms with Crippen molar-refractivity contribution < 1.29 is 29.3 Å². The molecule has 0 unspecified atom stereocenters. The maximum atomic E-state index is 12.5. The molecule has 0 spiro atoms. The van der Waals surface area contributed by atoms with Gasteiger partial charge in [-0.3, -0.25) is 14.7 Å². The number of nitrogens with one attached hydrogen (secondary N) is 2. The molecule has 0 saturated carbocycles. The van der Waals surface area contributed by atoms with E-state index in [4.69, 9.17) is 9.47 Å². The van der Waals surface area contributed by atoms with Crippen LogP contribution in [0.25, 0.3) is 11.0 Å². The number of anilines is 2. The molecule has 3 aromatic rings. The van der Waals surface area contributed by atoms with Gasteiger partial charge in [0.05, 0.1) is 42.2 Å². The number of pyridine rings is 2. The van der Waals surface area contributed by atoms with Crippen molar-refractivity contribution >= 4 is 46.2 Å². The summed E-state index contributed by atoms with van der Waals surface area (Å²) in [6, 6.07) is 10.5. The topological polar surface area (TPSA) is 146 Å². The summed E-state index contributed by atoms with van der Waals surface area (Å²) in [6.07, 6.45) is -1.74. The van der Waals surface area contributed by atoms with Crippen LogP contribution in [0.4, 0.5) is 16.2 Å². The third kappa shape index (κ3) is 4.93. The van der Waals surface area contributed by atoms with Gasteiger partial charge in [0.1, 0.15) is 12.2 Å². The standard InChI is InChI=1S/C24H25N5O6S/c1-34-21-5-3-16-22(28-21)15(6-7-26-16)23(32)18(30)10-25-9-14-11-29(24(33)35-14)13-2-4-19-17(8-13)27-20(31)12-36-19/h2-8,14,18,23,25,30,32H,9-12H2,1H3,(H,27,31)/t14-,18+,23+/m0/s1. The number of aliphatic hydroxyl groups excluding tert-OH is 2. The van der Waals surface area contributed by atoms with E-state index < -0.39 is 24.4 Å². The number of aliphatic hydroxyl groups is 2. The van der Waals surface area contributed by atoms with Gasteiger partial charge in [-0.1, -0.05) is 0 Å². The number of hydrogen-bond acceptors (Lipinski definition) is 10. The van der Waals surface area contributed by atoms with Crippen LogP contribution in [-0.2, 0) is 9.53 Å². The van der Waals surface area contributed by atoms with Gasteiger partial charge in [0.15, 0.2) is 0 Å². The summed E-state index contributed by atoms with van der Waals surface area (Å²) in [4.78, 5) is 35.2. The predicted octanol–water partition coefficient (Wildman–Crippen LogP) is 1.69. The monoisotopic (exact) mass is 511 g/mol. The summed E-state index contributed by atoms with van der Waals surface area (Å²) in [5.74, 6) is 0.671. The Labute approximate surface area is 210 Å². The third-order valence-electron chi connectivity index (χ3n) is 5.99. The van der Waals surface area contributed by atoms with Gasteiger partial charge in [-0.15, -0.1) is 11.8 Å². The highest BCUT2D eigenvalue weighted by atomic mass is 32.2. The Hall–Kier alpha value is -3.45. The number of nitrogens with zero attached hydrogens (tertiary/aromatic N) is 3. The van der Waals surface area contributed by atoms with E-state index in [2.05, 4.69) is 20.6 Å². The summed E-state index contributed by atoms with van der Waals surface area (Å²) >= 11 is 1.45. The number of carbonyl (C=O) groups excluding carboxylic acids is 2. The molecule has 0 radical (unpaired) electrons. The van der Waals surface area contributed by atoms with Crippen LogP contribution < -0.4 is 20.3 Å². The lowest BCUT2D eigenvalue weighted by molar-refractivity contribution is -0.113. The Morgan fingerprint density at radius 1 is 1.28 bits per heavy atom. The Morgan fingerprint density at radius 3 is 2.97 bits per heavy atom. The zero-order chi connectivity index (χ0) is 25.2. The van der Waals surface area contributed by atoms with Crippen LogP contribution in [-0.4, -0.2) is 76.9 Å². The van der Waals surface area contributed by atoms with Crippen LogP contribution in [0.15, 0.2) is 47.5 Å². The first kappa shape index (κ1) is 24.3. The number of amides is 2. The zero-order valence-electron chi connectivity index (χ0n) is 19.4. The molecular weight excluding hydrogens is 486 g/mol. The number of aromatic nitrogens is 2. The molecule has 2 aliphatic rings. The van der Waals surface area contributed by atoms with Crippen molar-refractivity contribution in [3.8, 4) is 5.88 Å². The second-order valence-corrected chi connectivity index (χ2v) is 9.44. The van der Waals surface area contributed by atoms with Crippen molar-refractivity contribution in [3.05, 3.63) is 48.2 Å². The fraction of sp³-hybridized carbons (Fsp3) is 0.333. The number of fused-ring (bicyclic) bond motifs is 2. The third-order valence-corrected chi connectivity index (χ3v) is 7.06. The molecular formula is C24H25N5O6S. The SMILES string of the molecule is COc1ccc2nccc([C@@H](O)[C@H](O)CNC[C@H]3CN(c4ccc5c(c4)NC(=O)CS5)C(=O)O3)c2n1. The minimum Gasteiger partial charge on any atom is -0.481 e. The largest absolute Gasteiger partial charge is 0.481 e. The normalized spacial score (nSPS) is 19.0. The van der Waals surface area contributed by atoms with Crippen molar-refractivity contribution in [2.45, 2.75) is 23.2 Å². The van der Waals surface area contributed by atoms with E-state index in [9.17, 15) is 19.8 Å². The molecule has 4 N–H and O–H groups in total. The molecule has 2 aromatic heterocycles. The van der Waals surface area contributed by atoms with E-state index in [-0.39, 0.29) is 19.0 Å². The number of benzene rings is 1. The maximum Gasteiger partial charge on any atom is 0.414 e. The van der Waals surface area contributed by atoms with Crippen molar-refractivity contribution in [1.29, 1.82) is 0 Å². The van der Waals surface area contributed by atoms with Gasteiger partial charge in [0.2, 0.25) is 11.8 Å². The van der Waals surface area contributed by atoms with Crippen LogP contribution >= 0.6 is 11.8 Å². The molecule has 2 amide bonds. The molecule has 5 rings (SSSR count). The highest BCUT2D eigenvalue weighted by Gasteiger charge is 2.33. The van der Waals surface area contributed by atoms with E-state index >= 15 is 0 Å². The fourth-order valence-electron chi connectivity index (χ4n) is 4.17. The molecule has 1 aromatic carbocycles. The number of thioether (sulfide) groups is 1. The van der Waals surface area contributed by atoms with Crippen LogP contribution in [0.2, 0.25) is 0 Å². The Bertz CT molecular complexity index is 1310. The quantitative estimate of drug-likeness (QED) is 0.352. The molecule has 12 heteroatoms. The maximum absolute atomic E-state index is 12.5. The zero-order valence-corrected chi connectivity index (χ0v) is 20.2. The van der Waals surface area contributed by atoms with Crippen molar-refractivity contribution in [2.75, 3.05) is 42.7 Å². The van der Waals surface area contributed by atoms with Gasteiger partial charge >= 0.3 is 6.09 Å². The molecule has 4 heterocycles. The Morgan fingerprint density at radius 2 is 2.14 bits per heavy atom. The Kier molecular flexibility index (Phi) is 6.92. The van der Waals surface area contributed by atoms with Crippen molar-refractivity contribution in [2.24, 2.45) is 0 Å². The van der Waals surface area contributed by atoms with E-state index in [0.29, 0.717) is 46.1 Å². The highest BCUT2D eigenvalue weighted by Crippen LogP contribution is 2.35. The van der Waals surface area contributed by atoms with Crippen molar-refractivity contribution in [3.63, 3.8) is 0 Å². The smallest absolute Gasteiger partial charge is 0.414 e. The summed E-state index contributed by atoms with van der Waals surface area (Å²) in [7, 11) is 1.50. The molecule has 0 aliphatic carbocycles. The second kappa shape index (κ2) is 10.3. The van der Waals surface area contributed by atoms with Gasteiger partial charge in [0.25, 0.3) is 0 Å². The molecule has 1 fully saturated rings. The van der Waals surface area contributed by atoms with Gasteiger partial charge < -0.3 is 30.3 Å². The average Bonchev–Trinajstić information content (AvgIpc) is 3.27. The number of rotatable bonds is 8. The summed E-state index contributed by atoms with van der Waals surface area (Å²) in [5.41, 5.74) is 2.77. The van der Waals surface area contributed by atoms with E-state index in [0.717, 1.165) is 4.90 Å². The van der Waals surface area contributed by atoms with Gasteiger partial charge in [-0.2, -0.15) is 0 Å². The van der Waals surface area contributed by atoms with Gasteiger partial charge in [0, 0.05) is 41.5 Å². The van der Waals surface area contributed by atoms with Gasteiger partial charge in [-0.25, -0.2) is 9.78 Å². The average molecular weight is 512 g/mol. The lowest BCUT2D eigenvalue weighted by Gasteiger charge is -2.21. The molecule has 11 nitrogen and oxygen atoms in total. The van der Waals surface area contributed by atoms with Crippen molar-refractivity contribution in [1.82, 2.24) is 15.3 Å². The number of ether oxygens (including phenoxy) is 2. The second-order valence-electron chi connectivity index (χ2n) is 8.43. The highest BCUT2D eigenvalue weighted by molar-refractivity contribution is 8.00. The molecule has 36 heavy (non-hydrogen) atoms. The first-order valence-corrected chi connectivity index (χ1v) is 12.3. The first-order valence-electron chi connectivity index (χ1n) is 11.3.